The van der Waals surface area contributed by atoms with E-state index in [2.05, 4.69) is 29.9 Å². The summed E-state index contributed by atoms with van der Waals surface area (Å²) in [6.07, 6.45) is 14.1. The fourth-order valence-electron chi connectivity index (χ4n) is 4.21. The molecule has 3 atom stereocenters. The summed E-state index contributed by atoms with van der Waals surface area (Å²) in [5.41, 5.74) is 7.29. The highest BCUT2D eigenvalue weighted by atomic mass is 16.5. The molecule has 3 N–H and O–H groups in total. The normalized spacial score (nSPS) is 20.1. The lowest BCUT2D eigenvalue weighted by molar-refractivity contribution is -0.139. The number of aliphatic carboxylic acids is 1. The Morgan fingerprint density at radius 2 is 1.94 bits per heavy atom. The van der Waals surface area contributed by atoms with Crippen LogP contribution in [0, 0.1) is 5.92 Å². The molecule has 0 spiro atoms. The van der Waals surface area contributed by atoms with Crippen LogP contribution in [0.3, 0.4) is 0 Å². The third-order valence-electron chi connectivity index (χ3n) is 5.91. The molecule has 36 heavy (non-hydrogen) atoms. The number of carboxylic acids is 1. The van der Waals surface area contributed by atoms with Crippen molar-refractivity contribution in [2.24, 2.45) is 11.7 Å². The Morgan fingerprint density at radius 1 is 1.14 bits per heavy atom. The predicted octanol–water partition coefficient (Wildman–Crippen LogP) is 1.73. The summed E-state index contributed by atoms with van der Waals surface area (Å²) in [6, 6.07) is 4.17. The lowest BCUT2D eigenvalue weighted by Gasteiger charge is -2.42. The number of nitrogens with zero attached hydrogens (tertiary/aromatic N) is 6. The van der Waals surface area contributed by atoms with Crippen molar-refractivity contribution in [2.45, 2.75) is 31.1 Å². The number of nitrogens with two attached hydrogens (primary N) is 1. The molecule has 1 aliphatic carbocycles. The molecule has 0 aromatic carbocycles. The Labute approximate surface area is 208 Å². The maximum Gasteiger partial charge on any atom is 0.320 e. The monoisotopic (exact) mass is 489 g/mol. The van der Waals surface area contributed by atoms with Crippen LogP contribution in [-0.4, -0.2) is 60.7 Å². The zero-order valence-corrected chi connectivity index (χ0v) is 19.8. The van der Waals surface area contributed by atoms with Crippen molar-refractivity contribution in [2.75, 3.05) is 13.7 Å². The summed E-state index contributed by atoms with van der Waals surface area (Å²) in [4.78, 5) is 37.7. The zero-order valence-electron chi connectivity index (χ0n) is 19.8. The Hall–Kier alpha value is -3.93. The topological polar surface area (TPSA) is 159 Å². The molecule has 186 valence electrons. The van der Waals surface area contributed by atoms with E-state index < -0.39 is 23.5 Å². The fourth-order valence-corrected chi connectivity index (χ4v) is 4.21. The SMILES string of the molecule is COCCc1nccc(COC2(c3ccncn3)C(c3ccncn3)=CC=CC2CC(N)C(=O)O)n1. The van der Waals surface area contributed by atoms with Gasteiger partial charge in [-0.15, -0.1) is 0 Å². The van der Waals surface area contributed by atoms with E-state index in [1.54, 1.807) is 43.9 Å². The maximum absolute atomic E-state index is 11.7. The van der Waals surface area contributed by atoms with Crippen molar-refractivity contribution in [3.63, 3.8) is 0 Å². The number of hydrogen-bond acceptors (Lipinski definition) is 10. The molecule has 3 aromatic heterocycles. The number of carbonyl (C=O) groups is 1. The molecule has 0 bridgehead atoms. The van der Waals surface area contributed by atoms with E-state index in [0.29, 0.717) is 41.5 Å². The molecule has 3 heterocycles. The smallest absolute Gasteiger partial charge is 0.320 e. The van der Waals surface area contributed by atoms with Crippen LogP contribution in [-0.2, 0) is 32.9 Å². The molecular weight excluding hydrogens is 462 g/mol. The average Bonchev–Trinajstić information content (AvgIpc) is 2.92. The van der Waals surface area contributed by atoms with E-state index in [1.807, 2.05) is 18.2 Å². The molecule has 0 amide bonds. The minimum absolute atomic E-state index is 0.0983. The molecule has 11 nitrogen and oxygen atoms in total. The molecule has 0 saturated heterocycles. The van der Waals surface area contributed by atoms with Crippen LogP contribution in [0.15, 0.2) is 67.7 Å². The summed E-state index contributed by atoms with van der Waals surface area (Å²) in [6.45, 7) is 0.595. The molecule has 3 unspecified atom stereocenters. The molecule has 11 heteroatoms. The van der Waals surface area contributed by atoms with Crippen LogP contribution in [0.1, 0.15) is 29.3 Å². The Morgan fingerprint density at radius 3 is 2.64 bits per heavy atom. The van der Waals surface area contributed by atoms with E-state index in [4.69, 9.17) is 15.2 Å². The molecule has 0 radical (unpaired) electrons. The van der Waals surface area contributed by atoms with Gasteiger partial charge in [0.05, 0.1) is 30.3 Å². The van der Waals surface area contributed by atoms with Crippen LogP contribution < -0.4 is 5.73 Å². The van der Waals surface area contributed by atoms with Crippen molar-refractivity contribution in [3.05, 3.63) is 90.6 Å². The summed E-state index contributed by atoms with van der Waals surface area (Å²) in [5.74, 6) is -0.950. The van der Waals surface area contributed by atoms with Gasteiger partial charge in [-0.3, -0.25) is 4.79 Å². The van der Waals surface area contributed by atoms with Crippen molar-refractivity contribution in [3.8, 4) is 0 Å². The number of rotatable bonds is 11. The quantitative estimate of drug-likeness (QED) is 0.404. The third kappa shape index (κ3) is 5.48. The van der Waals surface area contributed by atoms with Crippen LogP contribution in [0.25, 0.3) is 5.57 Å². The number of allylic oxidation sites excluding steroid dienone is 2. The van der Waals surface area contributed by atoms with Gasteiger partial charge in [-0.2, -0.15) is 0 Å². The van der Waals surface area contributed by atoms with Gasteiger partial charge in [0.2, 0.25) is 0 Å². The standard InChI is InChI=1S/C25H27N7O4/c1-35-12-8-23-29-11-5-18(32-23)14-36-25(22-7-10-28-16-31-22)17(13-20(26)24(33)34)3-2-4-19(25)21-6-9-27-15-30-21/h2-7,9-11,15-17,20H,8,12-14,26H2,1H3,(H,33,34). The molecule has 1 aliphatic rings. The second kappa shape index (κ2) is 11.7. The van der Waals surface area contributed by atoms with E-state index >= 15 is 0 Å². The lowest BCUT2D eigenvalue weighted by atomic mass is 9.71. The first kappa shape index (κ1) is 25.2. The Balaban J connectivity index is 1.80. The number of hydrogen-bond donors (Lipinski definition) is 2. The highest BCUT2D eigenvalue weighted by Crippen LogP contribution is 2.49. The third-order valence-corrected chi connectivity index (χ3v) is 5.91. The van der Waals surface area contributed by atoms with E-state index in [-0.39, 0.29) is 13.0 Å². The van der Waals surface area contributed by atoms with Gasteiger partial charge < -0.3 is 20.3 Å². The van der Waals surface area contributed by atoms with Crippen molar-refractivity contribution in [1.82, 2.24) is 29.9 Å². The molecule has 0 saturated carbocycles. The van der Waals surface area contributed by atoms with E-state index in [0.717, 1.165) is 0 Å². The largest absolute Gasteiger partial charge is 0.480 e. The first-order valence-electron chi connectivity index (χ1n) is 11.4. The van der Waals surface area contributed by atoms with Gasteiger partial charge in [-0.25, -0.2) is 29.9 Å². The highest BCUT2D eigenvalue weighted by molar-refractivity contribution is 5.76. The average molecular weight is 490 g/mol. The minimum atomic E-state index is -1.23. The van der Waals surface area contributed by atoms with Gasteiger partial charge in [-0.05, 0) is 24.6 Å². The number of aromatic nitrogens is 6. The summed E-state index contributed by atoms with van der Waals surface area (Å²) < 4.78 is 11.9. The van der Waals surface area contributed by atoms with Gasteiger partial charge in [0.25, 0.3) is 0 Å². The second-order valence-corrected chi connectivity index (χ2v) is 8.17. The van der Waals surface area contributed by atoms with Crippen LogP contribution in [0.2, 0.25) is 0 Å². The van der Waals surface area contributed by atoms with Gasteiger partial charge in [-0.1, -0.05) is 18.2 Å². The molecule has 3 aromatic rings. The summed E-state index contributed by atoms with van der Waals surface area (Å²) in [7, 11) is 1.62. The van der Waals surface area contributed by atoms with Gasteiger partial charge in [0.1, 0.15) is 30.1 Å². The lowest BCUT2D eigenvalue weighted by Crippen LogP contribution is -2.45. The van der Waals surface area contributed by atoms with Gasteiger partial charge in [0, 0.05) is 43.6 Å². The zero-order chi connectivity index (χ0) is 25.4. The summed E-state index contributed by atoms with van der Waals surface area (Å²) >= 11 is 0. The van der Waals surface area contributed by atoms with Crippen LogP contribution in [0.5, 0.6) is 0 Å². The van der Waals surface area contributed by atoms with E-state index in [9.17, 15) is 9.90 Å². The molecule has 4 rings (SSSR count). The number of carboxylic acid groups (broad SMARTS) is 1. The molecule has 0 fully saturated rings. The second-order valence-electron chi connectivity index (χ2n) is 8.17. The van der Waals surface area contributed by atoms with E-state index in [1.165, 1.54) is 12.7 Å². The van der Waals surface area contributed by atoms with Crippen molar-refractivity contribution >= 4 is 11.5 Å². The predicted molar refractivity (Wildman–Crippen MR) is 129 cm³/mol. The minimum Gasteiger partial charge on any atom is -0.480 e. The van der Waals surface area contributed by atoms with Gasteiger partial charge >= 0.3 is 5.97 Å². The number of methoxy groups -OCH3 is 1. The highest BCUT2D eigenvalue weighted by Gasteiger charge is 2.48. The summed E-state index contributed by atoms with van der Waals surface area (Å²) in [5, 5.41) is 9.57. The molecular formula is C25H27N7O4. The first-order valence-corrected chi connectivity index (χ1v) is 11.4. The molecule has 0 aliphatic heterocycles. The Kier molecular flexibility index (Phi) is 8.16. The maximum atomic E-state index is 11.7. The van der Waals surface area contributed by atoms with Crippen LogP contribution in [0.4, 0.5) is 0 Å². The van der Waals surface area contributed by atoms with Crippen LogP contribution >= 0.6 is 0 Å². The van der Waals surface area contributed by atoms with Crippen molar-refractivity contribution in [1.29, 1.82) is 0 Å². The van der Waals surface area contributed by atoms with Gasteiger partial charge in [0.15, 0.2) is 0 Å². The van der Waals surface area contributed by atoms with Crippen molar-refractivity contribution < 1.29 is 19.4 Å². The Bertz CT molecular complexity index is 1220. The first-order chi connectivity index (χ1) is 17.5. The fraction of sp³-hybridized carbons (Fsp3) is 0.320. The number of ether oxygens (including phenoxy) is 2.